The molecule has 0 saturated carbocycles. The first-order valence-corrected chi connectivity index (χ1v) is 14.3. The van der Waals surface area contributed by atoms with E-state index in [1.807, 2.05) is 33.9 Å². The van der Waals surface area contributed by atoms with Crippen LogP contribution >= 0.6 is 0 Å². The zero-order chi connectivity index (χ0) is 25.1. The largest absolute Gasteiger partial charge is 0.394 e. The Bertz CT molecular complexity index is 1070. The summed E-state index contributed by atoms with van der Waals surface area (Å²) in [5, 5.41) is 31.2. The van der Waals surface area contributed by atoms with Gasteiger partial charge in [-0.1, -0.05) is 64.2 Å². The first-order chi connectivity index (χ1) is 15.8. The summed E-state index contributed by atoms with van der Waals surface area (Å²) in [6.07, 6.45) is -2.14. The third-order valence-corrected chi connectivity index (χ3v) is 14.2. The first kappa shape index (κ1) is 24.8. The van der Waals surface area contributed by atoms with Gasteiger partial charge in [0.05, 0.1) is 14.7 Å². The lowest BCUT2D eigenvalue weighted by molar-refractivity contribution is -0.0858. The molecular weight excluding hydrogens is 454 g/mol. The smallest absolute Gasteiger partial charge is 0.219 e. The van der Waals surface area contributed by atoms with Gasteiger partial charge in [0, 0.05) is 5.56 Å². The van der Waals surface area contributed by atoms with Crippen molar-refractivity contribution < 1.29 is 24.9 Å². The van der Waals surface area contributed by atoms with Crippen LogP contribution in [0.15, 0.2) is 45.3 Å². The van der Waals surface area contributed by atoms with Crippen molar-refractivity contribution in [1.82, 2.24) is 4.90 Å². The molecule has 1 aromatic rings. The Morgan fingerprint density at radius 3 is 2.53 bits per heavy atom. The number of rotatable bonds is 5. The van der Waals surface area contributed by atoms with Crippen LogP contribution in [0, 0.1) is 0 Å². The summed E-state index contributed by atoms with van der Waals surface area (Å²) in [4.78, 5) is 28.0. The molecule has 3 aliphatic rings. The molecule has 0 radical (unpaired) electrons. The zero-order valence-corrected chi connectivity index (χ0v) is 21.1. The normalized spacial score (nSPS) is 33.6. The van der Waals surface area contributed by atoms with Gasteiger partial charge in [-0.15, -0.1) is 0 Å². The van der Waals surface area contributed by atoms with Crippen molar-refractivity contribution in [3.63, 3.8) is 0 Å². The number of aliphatic imine (C=N–C) groups is 3. The highest BCUT2D eigenvalue weighted by molar-refractivity contribution is 6.83. The Balaban J connectivity index is 1.73. The fraction of sp³-hybridized carbons (Fsp3) is 0.565. The van der Waals surface area contributed by atoms with Gasteiger partial charge < -0.3 is 25.0 Å². The highest BCUT2D eigenvalue weighted by Crippen LogP contribution is 2.50. The molecule has 1 fully saturated rings. The molecule has 11 heteroatoms. The zero-order valence-electron chi connectivity index (χ0n) is 20.1. The maximum absolute atomic E-state index is 13.3. The van der Waals surface area contributed by atoms with Crippen LogP contribution in [0.3, 0.4) is 0 Å². The van der Waals surface area contributed by atoms with E-state index >= 15 is 0 Å². The van der Waals surface area contributed by atoms with Crippen molar-refractivity contribution in [1.29, 1.82) is 0 Å². The number of nitrogens with zero attached hydrogens (tertiary/aromatic N) is 4. The Labute approximate surface area is 199 Å². The van der Waals surface area contributed by atoms with Crippen LogP contribution in [0.5, 0.6) is 0 Å². The number of benzene rings is 1. The fourth-order valence-corrected chi connectivity index (χ4v) is 7.72. The minimum atomic E-state index is -2.72. The van der Waals surface area contributed by atoms with E-state index in [0.29, 0.717) is 5.56 Å². The monoisotopic (exact) mass is 487 g/mol. The van der Waals surface area contributed by atoms with E-state index < -0.39 is 49.8 Å². The Kier molecular flexibility index (Phi) is 5.95. The molecule has 0 bridgehead atoms. The highest BCUT2D eigenvalue weighted by Gasteiger charge is 2.69. The van der Waals surface area contributed by atoms with Gasteiger partial charge in [-0.3, -0.25) is 15.5 Å². The molecule has 5 atom stereocenters. The number of hydrogen-bond acceptors (Lipinski definition) is 10. The second kappa shape index (κ2) is 8.14. The number of Topliss-reactive ketones (excluding diaryl/α,β-unsaturated/α-hetero) is 1. The number of fused-ring (bicyclic) bond motifs is 1. The van der Waals surface area contributed by atoms with Gasteiger partial charge in [-0.2, -0.15) is 0 Å². The number of aliphatic hydroxyl groups excluding tert-OH is 2. The molecule has 0 aliphatic carbocycles. The van der Waals surface area contributed by atoms with E-state index in [-0.39, 0.29) is 23.3 Å². The minimum absolute atomic E-state index is 0.00497. The molecule has 10 nitrogen and oxygen atoms in total. The summed E-state index contributed by atoms with van der Waals surface area (Å²) >= 11 is 0. The maximum atomic E-state index is 13.3. The van der Waals surface area contributed by atoms with Crippen molar-refractivity contribution in [2.45, 2.75) is 68.2 Å². The predicted octanol–water partition coefficient (Wildman–Crippen LogP) is 0.536. The van der Waals surface area contributed by atoms with Crippen molar-refractivity contribution in [2.75, 3.05) is 13.3 Å². The quantitative estimate of drug-likeness (QED) is 0.349. The number of hydrogen-bond donors (Lipinski definition) is 4. The molecule has 1 unspecified atom stereocenters. The average Bonchev–Trinajstić information content (AvgIpc) is 3.34. The number of nitrogens with two attached hydrogens (primary N) is 1. The summed E-state index contributed by atoms with van der Waals surface area (Å²) in [5.41, 5.74) is 5.29. The predicted molar refractivity (Wildman–Crippen MR) is 132 cm³/mol. The topological polar surface area (TPSA) is 153 Å². The lowest BCUT2D eigenvalue weighted by Crippen LogP contribution is -2.72. The molecule has 184 valence electrons. The van der Waals surface area contributed by atoms with Crippen molar-refractivity contribution in [3.8, 4) is 0 Å². The van der Waals surface area contributed by atoms with E-state index in [1.165, 1.54) is 6.34 Å². The van der Waals surface area contributed by atoms with Gasteiger partial charge in [0.2, 0.25) is 11.4 Å². The number of carbonyl (C=O) groups excluding carboxylic acids is 1. The van der Waals surface area contributed by atoms with E-state index in [2.05, 4.69) is 15.0 Å². The molecule has 0 aromatic heterocycles. The summed E-state index contributed by atoms with van der Waals surface area (Å²) in [6.45, 7) is 9.58. The lowest BCUT2D eigenvalue weighted by atomic mass is 9.93. The standard InChI is InChI=1S/C23H33N5O5Si/c1-21(2,3)34(4,5)23(32)18(31)15(11-29)33-20(23)28-13-26-16-19(28)25-12-27-22(16,24)17(30)14-9-7-6-8-10-14/h6-10,12,15,18,20,29,31-32H,11,13,24H2,1-5H3/t15-,18-,20-,22?,23+/m1/s1. The van der Waals surface area contributed by atoms with Gasteiger partial charge >= 0.3 is 0 Å². The third kappa shape index (κ3) is 3.34. The second-order valence-electron chi connectivity index (χ2n) is 10.6. The van der Waals surface area contributed by atoms with Crippen molar-refractivity contribution >= 4 is 31.7 Å². The molecule has 1 aromatic carbocycles. The minimum Gasteiger partial charge on any atom is -0.394 e. The van der Waals surface area contributed by atoms with E-state index in [0.717, 1.165) is 0 Å². The third-order valence-electron chi connectivity index (χ3n) is 7.87. The number of ether oxygens (including phenoxy) is 1. The summed E-state index contributed by atoms with van der Waals surface area (Å²) in [7, 11) is -2.72. The van der Waals surface area contributed by atoms with Gasteiger partial charge in [-0.25, -0.2) is 9.98 Å². The van der Waals surface area contributed by atoms with Gasteiger partial charge in [0.1, 0.15) is 36.2 Å². The molecule has 4 rings (SSSR count). The Hall–Kier alpha value is -2.28. The van der Waals surface area contributed by atoms with Crippen LogP contribution in [0.1, 0.15) is 31.1 Å². The van der Waals surface area contributed by atoms with Gasteiger partial charge in [0.25, 0.3) is 0 Å². The number of ketones is 1. The van der Waals surface area contributed by atoms with Crippen LogP contribution in [-0.4, -0.2) is 94.6 Å². The van der Waals surface area contributed by atoms with E-state index in [9.17, 15) is 20.1 Å². The van der Waals surface area contributed by atoms with Crippen LogP contribution in [-0.2, 0) is 4.74 Å². The number of aliphatic hydroxyl groups is 3. The maximum Gasteiger partial charge on any atom is 0.219 e. The molecule has 0 amide bonds. The Morgan fingerprint density at radius 2 is 1.94 bits per heavy atom. The molecule has 1 saturated heterocycles. The molecular formula is C23H33N5O5Si. The fourth-order valence-electron chi connectivity index (χ4n) is 4.75. The van der Waals surface area contributed by atoms with Crippen molar-refractivity contribution in [2.24, 2.45) is 20.7 Å². The first-order valence-electron chi connectivity index (χ1n) is 11.3. The van der Waals surface area contributed by atoms with Crippen LogP contribution in [0.25, 0.3) is 0 Å². The highest BCUT2D eigenvalue weighted by atomic mass is 28.3. The summed E-state index contributed by atoms with van der Waals surface area (Å²) < 4.78 is 6.05. The average molecular weight is 488 g/mol. The molecule has 3 aliphatic heterocycles. The lowest BCUT2D eigenvalue weighted by Gasteiger charge is -2.52. The van der Waals surface area contributed by atoms with E-state index in [4.69, 9.17) is 10.5 Å². The molecule has 5 N–H and O–H groups in total. The summed E-state index contributed by atoms with van der Waals surface area (Å²) in [6, 6.07) is 8.59. The van der Waals surface area contributed by atoms with E-state index in [1.54, 1.807) is 35.2 Å². The molecule has 34 heavy (non-hydrogen) atoms. The number of amidine groups is 1. The van der Waals surface area contributed by atoms with Crippen LogP contribution in [0.4, 0.5) is 0 Å². The Morgan fingerprint density at radius 1 is 1.29 bits per heavy atom. The SMILES string of the molecule is CC(C)(C)[Si](C)(C)[C@@]1(O)[C@H](O)[C@@H](CO)O[C@H]1N1CN=C2C1=NC=NC2(N)C(=O)c1ccccc1. The number of carbonyl (C=O) groups is 1. The molecule has 3 heterocycles. The van der Waals surface area contributed by atoms with Crippen LogP contribution < -0.4 is 5.73 Å². The van der Waals surface area contributed by atoms with Gasteiger partial charge in [-0.05, 0) is 5.04 Å². The van der Waals surface area contributed by atoms with Crippen molar-refractivity contribution in [3.05, 3.63) is 35.9 Å². The van der Waals surface area contributed by atoms with Gasteiger partial charge in [0.15, 0.2) is 12.1 Å². The van der Waals surface area contributed by atoms with Crippen LogP contribution in [0.2, 0.25) is 18.1 Å². The molecule has 0 spiro atoms. The summed E-state index contributed by atoms with van der Waals surface area (Å²) in [5.74, 6) is -0.174. The second-order valence-corrected chi connectivity index (χ2v) is 16.2.